The molecule has 5 heteroatoms. The second kappa shape index (κ2) is 3.12. The van der Waals surface area contributed by atoms with E-state index in [9.17, 15) is 0 Å². The third kappa shape index (κ3) is 1.49. The highest BCUT2D eigenvalue weighted by Crippen LogP contribution is 2.46. The molecule has 15 heavy (non-hydrogen) atoms. The van der Waals surface area contributed by atoms with Crippen LogP contribution in [0.5, 0.6) is 0 Å². The highest BCUT2D eigenvalue weighted by molar-refractivity contribution is 5.45. The first-order valence-electron chi connectivity index (χ1n) is 4.94. The van der Waals surface area contributed by atoms with Crippen molar-refractivity contribution in [1.29, 1.82) is 0 Å². The summed E-state index contributed by atoms with van der Waals surface area (Å²) in [4.78, 5) is 12.4. The predicted molar refractivity (Wildman–Crippen MR) is 51.8 cm³/mol. The molecule has 2 atom stereocenters. The Morgan fingerprint density at radius 2 is 2.27 bits per heavy atom. The molecule has 1 aliphatic rings. The zero-order valence-electron chi connectivity index (χ0n) is 8.29. The van der Waals surface area contributed by atoms with Gasteiger partial charge in [0.2, 0.25) is 11.7 Å². The maximum Gasteiger partial charge on any atom is 0.230 e. The van der Waals surface area contributed by atoms with E-state index in [1.807, 2.05) is 0 Å². The van der Waals surface area contributed by atoms with Crippen LogP contribution < -0.4 is 0 Å². The largest absolute Gasteiger partial charge is 0.339 e. The van der Waals surface area contributed by atoms with Gasteiger partial charge in [0.1, 0.15) is 5.69 Å². The lowest BCUT2D eigenvalue weighted by Gasteiger charge is -1.88. The molecular formula is C10H10N4O. The first kappa shape index (κ1) is 8.52. The fraction of sp³-hybridized carbons (Fsp3) is 0.400. The Morgan fingerprint density at radius 3 is 2.93 bits per heavy atom. The Labute approximate surface area is 86.6 Å². The van der Waals surface area contributed by atoms with Crippen LogP contribution in [0.25, 0.3) is 11.5 Å². The van der Waals surface area contributed by atoms with Crippen LogP contribution in [0, 0.1) is 5.92 Å². The minimum atomic E-state index is 0.447. The van der Waals surface area contributed by atoms with Gasteiger partial charge in [-0.3, -0.25) is 4.98 Å². The first-order chi connectivity index (χ1) is 7.34. The van der Waals surface area contributed by atoms with Gasteiger partial charge < -0.3 is 4.52 Å². The third-order valence-corrected chi connectivity index (χ3v) is 2.66. The van der Waals surface area contributed by atoms with Gasteiger partial charge in [0.05, 0.1) is 6.20 Å². The van der Waals surface area contributed by atoms with Crippen molar-refractivity contribution in [1.82, 2.24) is 20.1 Å². The van der Waals surface area contributed by atoms with Gasteiger partial charge >= 0.3 is 0 Å². The highest BCUT2D eigenvalue weighted by Gasteiger charge is 2.39. The second-order valence-electron chi connectivity index (χ2n) is 3.87. The van der Waals surface area contributed by atoms with E-state index < -0.39 is 0 Å². The lowest BCUT2D eigenvalue weighted by molar-refractivity contribution is 0.376. The topological polar surface area (TPSA) is 64.7 Å². The average molecular weight is 202 g/mol. The third-order valence-electron chi connectivity index (χ3n) is 2.66. The van der Waals surface area contributed by atoms with Gasteiger partial charge in [-0.25, -0.2) is 4.98 Å². The molecule has 1 aliphatic carbocycles. The smallest absolute Gasteiger partial charge is 0.230 e. The van der Waals surface area contributed by atoms with Crippen LogP contribution >= 0.6 is 0 Å². The molecule has 76 valence electrons. The van der Waals surface area contributed by atoms with Crippen LogP contribution in [-0.4, -0.2) is 20.1 Å². The molecule has 0 saturated heterocycles. The molecule has 0 radical (unpaired) electrons. The van der Waals surface area contributed by atoms with Crippen LogP contribution in [0.4, 0.5) is 0 Å². The van der Waals surface area contributed by atoms with Crippen molar-refractivity contribution >= 4 is 0 Å². The average Bonchev–Trinajstić information content (AvgIpc) is 2.83. The standard InChI is InChI=1S/C10H10N4O/c1-6-4-7(6)10-13-9(14-15-10)8-5-11-2-3-12-8/h2-3,5-7H,4H2,1H3/t6-,7+/m0/s1. The molecule has 2 heterocycles. The van der Waals surface area contributed by atoms with E-state index in [1.165, 1.54) is 0 Å². The van der Waals surface area contributed by atoms with Crippen molar-refractivity contribution in [3.63, 3.8) is 0 Å². The lowest BCUT2D eigenvalue weighted by atomic mass is 10.3. The summed E-state index contributed by atoms with van der Waals surface area (Å²) in [5.41, 5.74) is 0.654. The summed E-state index contributed by atoms with van der Waals surface area (Å²) < 4.78 is 5.18. The Morgan fingerprint density at radius 1 is 1.40 bits per heavy atom. The minimum Gasteiger partial charge on any atom is -0.339 e. The van der Waals surface area contributed by atoms with Crippen LogP contribution in [-0.2, 0) is 0 Å². The summed E-state index contributed by atoms with van der Waals surface area (Å²) >= 11 is 0. The maximum atomic E-state index is 5.18. The quantitative estimate of drug-likeness (QED) is 0.740. The Kier molecular flexibility index (Phi) is 1.77. The van der Waals surface area contributed by atoms with Gasteiger partial charge in [-0.1, -0.05) is 12.1 Å². The van der Waals surface area contributed by atoms with Gasteiger partial charge in [0.25, 0.3) is 0 Å². The second-order valence-corrected chi connectivity index (χ2v) is 3.87. The van der Waals surface area contributed by atoms with E-state index in [0.29, 0.717) is 23.4 Å². The van der Waals surface area contributed by atoms with Gasteiger partial charge in [0.15, 0.2) is 0 Å². The molecule has 0 bridgehead atoms. The summed E-state index contributed by atoms with van der Waals surface area (Å²) in [5, 5.41) is 3.89. The molecule has 0 aliphatic heterocycles. The zero-order valence-corrected chi connectivity index (χ0v) is 8.29. The number of aromatic nitrogens is 4. The number of hydrogen-bond acceptors (Lipinski definition) is 5. The molecule has 1 fully saturated rings. The summed E-state index contributed by atoms with van der Waals surface area (Å²) in [6, 6.07) is 0. The van der Waals surface area contributed by atoms with Gasteiger partial charge in [-0.05, 0) is 12.3 Å². The fourth-order valence-electron chi connectivity index (χ4n) is 1.57. The lowest BCUT2D eigenvalue weighted by Crippen LogP contribution is -1.87. The van der Waals surface area contributed by atoms with E-state index in [-0.39, 0.29) is 0 Å². The zero-order chi connectivity index (χ0) is 10.3. The van der Waals surface area contributed by atoms with Crippen molar-refractivity contribution in [2.45, 2.75) is 19.3 Å². The molecule has 3 rings (SSSR count). The van der Waals surface area contributed by atoms with Gasteiger partial charge in [-0.15, -0.1) is 0 Å². The molecule has 0 spiro atoms. The SMILES string of the molecule is C[C@H]1C[C@H]1c1nc(-c2cnccn2)no1. The van der Waals surface area contributed by atoms with E-state index in [2.05, 4.69) is 27.0 Å². The Hall–Kier alpha value is -1.78. The van der Waals surface area contributed by atoms with Crippen LogP contribution in [0.1, 0.15) is 25.2 Å². The summed E-state index contributed by atoms with van der Waals surface area (Å²) in [7, 11) is 0. The Balaban J connectivity index is 1.91. The highest BCUT2D eigenvalue weighted by atomic mass is 16.5. The van der Waals surface area contributed by atoms with Crippen molar-refractivity contribution < 1.29 is 4.52 Å². The van der Waals surface area contributed by atoms with Crippen molar-refractivity contribution in [2.75, 3.05) is 0 Å². The molecule has 0 amide bonds. The van der Waals surface area contributed by atoms with Crippen LogP contribution in [0.3, 0.4) is 0 Å². The van der Waals surface area contributed by atoms with E-state index in [0.717, 1.165) is 12.3 Å². The summed E-state index contributed by atoms with van der Waals surface area (Å²) in [5.74, 6) is 2.36. The summed E-state index contributed by atoms with van der Waals surface area (Å²) in [6.45, 7) is 2.18. The molecule has 2 aromatic rings. The normalized spacial score (nSPS) is 24.1. The predicted octanol–water partition coefficient (Wildman–Crippen LogP) is 1.65. The molecule has 2 aromatic heterocycles. The van der Waals surface area contributed by atoms with Crippen molar-refractivity contribution in [3.05, 3.63) is 24.5 Å². The number of nitrogens with zero attached hydrogens (tertiary/aromatic N) is 4. The monoisotopic (exact) mass is 202 g/mol. The van der Waals surface area contributed by atoms with Crippen molar-refractivity contribution in [3.8, 4) is 11.5 Å². The van der Waals surface area contributed by atoms with E-state index in [1.54, 1.807) is 18.6 Å². The maximum absolute atomic E-state index is 5.18. The summed E-state index contributed by atoms with van der Waals surface area (Å²) in [6.07, 6.45) is 6.01. The molecule has 1 saturated carbocycles. The molecular weight excluding hydrogens is 192 g/mol. The van der Waals surface area contributed by atoms with E-state index in [4.69, 9.17) is 4.52 Å². The van der Waals surface area contributed by atoms with Gasteiger partial charge in [0, 0.05) is 18.3 Å². The fourth-order valence-corrected chi connectivity index (χ4v) is 1.57. The number of hydrogen-bond donors (Lipinski definition) is 0. The minimum absolute atomic E-state index is 0.447. The van der Waals surface area contributed by atoms with Crippen LogP contribution in [0.15, 0.2) is 23.1 Å². The van der Waals surface area contributed by atoms with Gasteiger partial charge in [-0.2, -0.15) is 4.98 Å². The molecule has 0 unspecified atom stereocenters. The first-order valence-corrected chi connectivity index (χ1v) is 4.94. The Bertz CT molecular complexity index is 467. The van der Waals surface area contributed by atoms with E-state index >= 15 is 0 Å². The van der Waals surface area contributed by atoms with Crippen molar-refractivity contribution in [2.24, 2.45) is 5.92 Å². The molecule has 5 nitrogen and oxygen atoms in total. The number of rotatable bonds is 2. The molecule has 0 N–H and O–H groups in total. The van der Waals surface area contributed by atoms with Crippen LogP contribution in [0.2, 0.25) is 0 Å². The molecule has 0 aromatic carbocycles.